The Hall–Kier alpha value is -1.95. The van der Waals surface area contributed by atoms with Crippen LogP contribution in [0.1, 0.15) is 16.7 Å². The Morgan fingerprint density at radius 2 is 1.86 bits per heavy atom. The van der Waals surface area contributed by atoms with Crippen LogP contribution in [0.5, 0.6) is 5.75 Å². The van der Waals surface area contributed by atoms with Crippen LogP contribution in [-0.4, -0.2) is 4.92 Å². The largest absolute Gasteiger partial charge is 0.489 e. The SMILES string of the molecule is Cc1cc(OCc2ccc([N+](=O)[O-])c(F)c2)cc(C)c1Br. The molecule has 0 heterocycles. The lowest BCUT2D eigenvalue weighted by atomic mass is 10.1. The van der Waals surface area contributed by atoms with Crippen LogP contribution in [0.4, 0.5) is 10.1 Å². The number of halogens is 2. The van der Waals surface area contributed by atoms with Crippen molar-refractivity contribution in [3.8, 4) is 5.75 Å². The van der Waals surface area contributed by atoms with E-state index in [0.29, 0.717) is 11.3 Å². The molecule has 0 fully saturated rings. The zero-order chi connectivity index (χ0) is 15.6. The lowest BCUT2D eigenvalue weighted by Crippen LogP contribution is -1.99. The summed E-state index contributed by atoms with van der Waals surface area (Å²) in [6.45, 7) is 4.06. The minimum absolute atomic E-state index is 0.148. The molecule has 0 aliphatic rings. The van der Waals surface area contributed by atoms with E-state index in [-0.39, 0.29) is 6.61 Å². The van der Waals surface area contributed by atoms with Gasteiger partial charge in [-0.15, -0.1) is 0 Å². The fourth-order valence-electron chi connectivity index (χ4n) is 1.94. The van der Waals surface area contributed by atoms with E-state index < -0.39 is 16.4 Å². The Labute approximate surface area is 129 Å². The first kappa shape index (κ1) is 15.4. The monoisotopic (exact) mass is 353 g/mol. The van der Waals surface area contributed by atoms with Crippen molar-refractivity contribution in [3.63, 3.8) is 0 Å². The third-order valence-electron chi connectivity index (χ3n) is 3.02. The molecular weight excluding hydrogens is 341 g/mol. The standard InChI is InChI=1S/C15H13BrFNO3/c1-9-5-12(6-10(2)15(9)16)21-8-11-3-4-14(18(19)20)13(17)7-11/h3-7H,8H2,1-2H3. The summed E-state index contributed by atoms with van der Waals surface area (Å²) in [5.41, 5.74) is 2.09. The molecule has 0 saturated carbocycles. The van der Waals surface area contributed by atoms with Crippen LogP contribution < -0.4 is 4.74 Å². The van der Waals surface area contributed by atoms with Crippen LogP contribution in [0, 0.1) is 29.8 Å². The van der Waals surface area contributed by atoms with Crippen LogP contribution in [0.15, 0.2) is 34.8 Å². The van der Waals surface area contributed by atoms with Crippen molar-refractivity contribution in [2.24, 2.45) is 0 Å². The molecule has 0 atom stereocenters. The molecule has 0 unspecified atom stereocenters. The van der Waals surface area contributed by atoms with Crippen molar-refractivity contribution in [3.05, 3.63) is 67.4 Å². The van der Waals surface area contributed by atoms with Gasteiger partial charge in [-0.2, -0.15) is 4.39 Å². The number of nitrogens with zero attached hydrogens (tertiary/aromatic N) is 1. The molecule has 0 radical (unpaired) electrons. The van der Waals surface area contributed by atoms with Crippen LogP contribution in [0.3, 0.4) is 0 Å². The van der Waals surface area contributed by atoms with Gasteiger partial charge in [-0.3, -0.25) is 10.1 Å². The van der Waals surface area contributed by atoms with Gasteiger partial charge in [0.15, 0.2) is 0 Å². The summed E-state index contributed by atoms with van der Waals surface area (Å²) in [7, 11) is 0. The van der Waals surface area contributed by atoms with Gasteiger partial charge >= 0.3 is 5.69 Å². The highest BCUT2D eigenvalue weighted by atomic mass is 79.9. The number of rotatable bonds is 4. The van der Waals surface area contributed by atoms with Crippen molar-refractivity contribution in [1.82, 2.24) is 0 Å². The average molecular weight is 354 g/mol. The molecule has 0 aromatic heterocycles. The zero-order valence-electron chi connectivity index (χ0n) is 11.5. The van der Waals surface area contributed by atoms with Crippen molar-refractivity contribution in [2.45, 2.75) is 20.5 Å². The van der Waals surface area contributed by atoms with E-state index in [2.05, 4.69) is 15.9 Å². The molecule has 0 spiro atoms. The van der Waals surface area contributed by atoms with Gasteiger partial charge in [-0.05, 0) is 54.8 Å². The summed E-state index contributed by atoms with van der Waals surface area (Å²) in [6.07, 6.45) is 0. The van der Waals surface area contributed by atoms with E-state index >= 15 is 0 Å². The Bertz CT molecular complexity index is 680. The lowest BCUT2D eigenvalue weighted by Gasteiger charge is -2.10. The van der Waals surface area contributed by atoms with E-state index in [1.807, 2.05) is 26.0 Å². The maximum atomic E-state index is 13.5. The highest BCUT2D eigenvalue weighted by Gasteiger charge is 2.14. The Balaban J connectivity index is 2.13. The maximum absolute atomic E-state index is 13.5. The molecule has 21 heavy (non-hydrogen) atoms. The van der Waals surface area contributed by atoms with E-state index in [1.165, 1.54) is 6.07 Å². The molecule has 2 aromatic rings. The third-order valence-corrected chi connectivity index (χ3v) is 4.28. The van der Waals surface area contributed by atoms with Crippen LogP contribution in [0.25, 0.3) is 0 Å². The first-order valence-corrected chi connectivity index (χ1v) is 7.00. The summed E-state index contributed by atoms with van der Waals surface area (Å²) in [5, 5.41) is 10.5. The molecule has 2 aromatic carbocycles. The van der Waals surface area contributed by atoms with Crippen molar-refractivity contribution >= 4 is 21.6 Å². The minimum Gasteiger partial charge on any atom is -0.489 e. The number of nitro benzene ring substituents is 1. The van der Waals surface area contributed by atoms with E-state index in [1.54, 1.807) is 0 Å². The summed E-state index contributed by atoms with van der Waals surface area (Å²) >= 11 is 3.47. The predicted octanol–water partition coefficient (Wildman–Crippen LogP) is 4.69. The van der Waals surface area contributed by atoms with Crippen molar-refractivity contribution < 1.29 is 14.1 Å². The second-order valence-corrected chi connectivity index (χ2v) is 5.50. The summed E-state index contributed by atoms with van der Waals surface area (Å²) < 4.78 is 20.1. The van der Waals surface area contributed by atoms with Crippen molar-refractivity contribution in [2.75, 3.05) is 0 Å². The van der Waals surface area contributed by atoms with Crippen molar-refractivity contribution in [1.29, 1.82) is 0 Å². The molecular formula is C15H13BrFNO3. The van der Waals surface area contributed by atoms with E-state index in [4.69, 9.17) is 4.74 Å². The van der Waals surface area contributed by atoms with Gasteiger partial charge in [0.1, 0.15) is 12.4 Å². The molecule has 0 bridgehead atoms. The molecule has 6 heteroatoms. The number of ether oxygens (including phenoxy) is 1. The van der Waals surface area contributed by atoms with E-state index in [9.17, 15) is 14.5 Å². The van der Waals surface area contributed by atoms with Crippen LogP contribution in [-0.2, 0) is 6.61 Å². The number of hydrogen-bond acceptors (Lipinski definition) is 3. The second-order valence-electron chi connectivity index (χ2n) is 4.70. The minimum atomic E-state index is -0.857. The quantitative estimate of drug-likeness (QED) is 0.591. The highest BCUT2D eigenvalue weighted by molar-refractivity contribution is 9.10. The van der Waals surface area contributed by atoms with Gasteiger partial charge in [0.05, 0.1) is 4.92 Å². The predicted molar refractivity (Wildman–Crippen MR) is 81.0 cm³/mol. The number of benzene rings is 2. The summed E-state index contributed by atoms with van der Waals surface area (Å²) in [6, 6.07) is 7.50. The highest BCUT2D eigenvalue weighted by Crippen LogP contribution is 2.27. The maximum Gasteiger partial charge on any atom is 0.304 e. The summed E-state index contributed by atoms with van der Waals surface area (Å²) in [5.74, 6) is -0.184. The molecule has 0 saturated heterocycles. The Kier molecular flexibility index (Phi) is 4.57. The van der Waals surface area contributed by atoms with Crippen LogP contribution >= 0.6 is 15.9 Å². The van der Waals surface area contributed by atoms with Gasteiger partial charge in [-0.25, -0.2) is 0 Å². The first-order chi connectivity index (χ1) is 9.88. The average Bonchev–Trinajstić information content (AvgIpc) is 2.42. The smallest absolute Gasteiger partial charge is 0.304 e. The lowest BCUT2D eigenvalue weighted by molar-refractivity contribution is -0.387. The first-order valence-electron chi connectivity index (χ1n) is 6.21. The van der Waals surface area contributed by atoms with Gasteiger partial charge in [0, 0.05) is 10.5 Å². The second kappa shape index (κ2) is 6.22. The molecule has 0 aliphatic heterocycles. The van der Waals surface area contributed by atoms with Gasteiger partial charge in [0.2, 0.25) is 5.82 Å². The molecule has 0 amide bonds. The number of hydrogen-bond donors (Lipinski definition) is 0. The molecule has 0 aliphatic carbocycles. The summed E-state index contributed by atoms with van der Waals surface area (Å²) in [4.78, 5) is 9.80. The zero-order valence-corrected chi connectivity index (χ0v) is 13.1. The molecule has 0 N–H and O–H groups in total. The Morgan fingerprint density at radius 1 is 1.24 bits per heavy atom. The fourth-order valence-corrected chi connectivity index (χ4v) is 2.17. The normalized spacial score (nSPS) is 10.5. The van der Waals surface area contributed by atoms with Gasteiger partial charge in [-0.1, -0.05) is 15.9 Å². The molecule has 4 nitrogen and oxygen atoms in total. The molecule has 110 valence electrons. The Morgan fingerprint density at radius 3 is 2.38 bits per heavy atom. The topological polar surface area (TPSA) is 52.4 Å². The van der Waals surface area contributed by atoms with Gasteiger partial charge in [0.25, 0.3) is 0 Å². The van der Waals surface area contributed by atoms with Crippen LogP contribution in [0.2, 0.25) is 0 Å². The third kappa shape index (κ3) is 3.58. The number of aryl methyl sites for hydroxylation is 2. The fraction of sp³-hybridized carbons (Fsp3) is 0.200. The van der Waals surface area contributed by atoms with Gasteiger partial charge < -0.3 is 4.74 Å². The van der Waals surface area contributed by atoms with E-state index in [0.717, 1.165) is 27.7 Å². The molecule has 2 rings (SSSR count). The number of nitro groups is 1.